The Balaban J connectivity index is 1.36. The van der Waals surface area contributed by atoms with Gasteiger partial charge < -0.3 is 14.7 Å². The predicted molar refractivity (Wildman–Crippen MR) is 179 cm³/mol. The van der Waals surface area contributed by atoms with Crippen LogP contribution >= 0.6 is 0 Å². The molecule has 0 heterocycles. The SMILES string of the molecule is O=C(O)c1ccc(N(Cc2cc(C3CC3)cc(C3CC3)c2)C(=O)CN(Cc2c(F)cc(F)cc2F)S(=O)(=O)c2c(F)c(F)c(F)c(F)c2F)c(OC2CC2)c1. The summed E-state index contributed by atoms with van der Waals surface area (Å²) < 4.78 is 150. The van der Waals surface area contributed by atoms with Crippen LogP contribution in [0.25, 0.3) is 0 Å². The number of sulfonamides is 1. The van der Waals surface area contributed by atoms with Crippen LogP contribution in [0.15, 0.2) is 53.4 Å². The lowest BCUT2D eigenvalue weighted by Crippen LogP contribution is -2.43. The van der Waals surface area contributed by atoms with E-state index in [1.807, 2.05) is 12.1 Å². The van der Waals surface area contributed by atoms with Crippen LogP contribution in [-0.4, -0.2) is 42.4 Å². The zero-order valence-electron chi connectivity index (χ0n) is 28.5. The number of hydrogen-bond donors (Lipinski definition) is 1. The van der Waals surface area contributed by atoms with Gasteiger partial charge >= 0.3 is 5.97 Å². The number of nitrogens with zero attached hydrogens (tertiary/aromatic N) is 2. The van der Waals surface area contributed by atoms with Crippen molar-refractivity contribution in [1.82, 2.24) is 4.31 Å². The van der Waals surface area contributed by atoms with Gasteiger partial charge in [0, 0.05) is 24.2 Å². The second-order valence-electron chi connectivity index (χ2n) is 13.9. The summed E-state index contributed by atoms with van der Waals surface area (Å²) in [5.41, 5.74) is 0.975. The van der Waals surface area contributed by atoms with Gasteiger partial charge in [0.15, 0.2) is 28.2 Å². The lowest BCUT2D eigenvalue weighted by molar-refractivity contribution is -0.119. The molecule has 8 nitrogen and oxygen atoms in total. The molecule has 0 aliphatic heterocycles. The van der Waals surface area contributed by atoms with Gasteiger partial charge in [0.1, 0.15) is 23.2 Å². The quantitative estimate of drug-likeness (QED) is 0.0785. The van der Waals surface area contributed by atoms with Gasteiger partial charge in [-0.25, -0.2) is 48.3 Å². The van der Waals surface area contributed by atoms with E-state index in [9.17, 15) is 49.5 Å². The maximum atomic E-state index is 15.1. The molecule has 1 N–H and O–H groups in total. The number of halogens is 8. The summed E-state index contributed by atoms with van der Waals surface area (Å²) in [7, 11) is -6.05. The van der Waals surface area contributed by atoms with Crippen LogP contribution < -0.4 is 9.64 Å². The summed E-state index contributed by atoms with van der Waals surface area (Å²) in [6.45, 7) is -3.44. The molecule has 0 atom stereocenters. The topological polar surface area (TPSA) is 104 Å². The van der Waals surface area contributed by atoms with Crippen LogP contribution in [0.4, 0.5) is 40.8 Å². The first kappa shape index (κ1) is 38.3. The number of ether oxygens (including phenoxy) is 1. The van der Waals surface area contributed by atoms with Crippen LogP contribution in [0, 0.1) is 46.5 Å². The molecule has 3 aliphatic carbocycles. The molecule has 1 amide bonds. The van der Waals surface area contributed by atoms with Gasteiger partial charge in [-0.3, -0.25) is 4.79 Å². The third-order valence-corrected chi connectivity index (χ3v) is 11.4. The second kappa shape index (κ2) is 14.6. The molecule has 3 aliphatic rings. The van der Waals surface area contributed by atoms with Gasteiger partial charge in [-0.05, 0) is 85.3 Å². The van der Waals surface area contributed by atoms with E-state index in [0.717, 1.165) is 53.8 Å². The lowest BCUT2D eigenvalue weighted by Gasteiger charge is -2.29. The maximum absolute atomic E-state index is 15.1. The maximum Gasteiger partial charge on any atom is 0.335 e. The van der Waals surface area contributed by atoms with Gasteiger partial charge in [0.25, 0.3) is 0 Å². The normalized spacial score (nSPS) is 15.7. The summed E-state index contributed by atoms with van der Waals surface area (Å²) in [4.78, 5) is 25.0. The highest BCUT2D eigenvalue weighted by Gasteiger charge is 2.40. The van der Waals surface area contributed by atoms with Crippen molar-refractivity contribution in [2.24, 2.45) is 0 Å². The fourth-order valence-corrected chi connectivity index (χ4v) is 7.73. The van der Waals surface area contributed by atoms with Crippen molar-refractivity contribution >= 4 is 27.6 Å². The van der Waals surface area contributed by atoms with Crippen molar-refractivity contribution in [3.63, 3.8) is 0 Å². The molecule has 17 heteroatoms. The smallest absolute Gasteiger partial charge is 0.335 e. The van der Waals surface area contributed by atoms with Crippen LogP contribution in [0.1, 0.15) is 83.0 Å². The van der Waals surface area contributed by atoms with E-state index in [1.54, 1.807) is 0 Å². The average Bonchev–Trinajstić information content (AvgIpc) is 3.97. The Morgan fingerprint density at radius 2 is 1.25 bits per heavy atom. The van der Waals surface area contributed by atoms with Crippen molar-refractivity contribution in [2.75, 3.05) is 11.4 Å². The minimum atomic E-state index is -6.05. The van der Waals surface area contributed by atoms with E-state index < -0.39 is 92.0 Å². The fraction of sp³-hybridized carbons (Fsp3) is 0.316. The summed E-state index contributed by atoms with van der Waals surface area (Å²) in [6.07, 6.45) is 4.50. The average molecular weight is 795 g/mol. The Bertz CT molecular complexity index is 2270. The Morgan fingerprint density at radius 1 is 0.709 bits per heavy atom. The molecule has 3 saturated carbocycles. The second-order valence-corrected chi connectivity index (χ2v) is 15.7. The Hall–Kier alpha value is -5.03. The number of hydrogen-bond acceptors (Lipinski definition) is 5. The van der Waals surface area contributed by atoms with E-state index in [4.69, 9.17) is 4.74 Å². The first-order valence-electron chi connectivity index (χ1n) is 17.2. The summed E-state index contributed by atoms with van der Waals surface area (Å²) in [6, 6.07) is 9.55. The van der Waals surface area contributed by atoms with Gasteiger partial charge in [-0.2, -0.15) is 4.31 Å². The van der Waals surface area contributed by atoms with Crippen LogP contribution in [0.2, 0.25) is 0 Å². The minimum absolute atomic E-state index is 0.0839. The van der Waals surface area contributed by atoms with Gasteiger partial charge in [-0.15, -0.1) is 0 Å². The molecule has 0 aromatic heterocycles. The van der Waals surface area contributed by atoms with Crippen LogP contribution in [0.3, 0.4) is 0 Å². The first-order valence-corrected chi connectivity index (χ1v) is 18.6. The summed E-state index contributed by atoms with van der Waals surface area (Å²) >= 11 is 0. The number of carboxylic acid groups (broad SMARTS) is 1. The summed E-state index contributed by atoms with van der Waals surface area (Å²) in [5.74, 6) is -20.6. The van der Waals surface area contributed by atoms with E-state index >= 15 is 8.78 Å². The third kappa shape index (κ3) is 7.90. The monoisotopic (exact) mass is 794 g/mol. The standard InChI is InChI=1S/C38H30F8N2O6S/c39-24-13-27(40)26(28(41)14-24)16-47(55(52,53)37-35(45)33(43)32(42)34(44)36(37)46)17-31(49)48(29-8-5-21(38(50)51)12-30(29)54-25-6-7-25)15-18-9-22(19-1-2-19)11-23(10-18)20-3-4-20/h5,8-14,19-20,25H,1-4,6-7,15-17H2,(H,50,51). The molecule has 4 aromatic carbocycles. The highest BCUT2D eigenvalue weighted by Crippen LogP contribution is 2.46. The van der Waals surface area contributed by atoms with Crippen molar-refractivity contribution in [3.05, 3.63) is 123 Å². The zero-order chi connectivity index (χ0) is 39.5. The fourth-order valence-electron chi connectivity index (χ4n) is 6.26. The number of carbonyl (C=O) groups excluding carboxylic acids is 1. The third-order valence-electron chi connectivity index (χ3n) is 9.61. The van der Waals surface area contributed by atoms with E-state index in [2.05, 4.69) is 6.07 Å². The molecule has 0 bridgehead atoms. The van der Waals surface area contributed by atoms with Crippen molar-refractivity contribution < 1.29 is 63.0 Å². The number of amides is 1. The molecule has 0 radical (unpaired) electrons. The van der Waals surface area contributed by atoms with E-state index in [0.29, 0.717) is 18.4 Å². The van der Waals surface area contributed by atoms with E-state index in [1.165, 1.54) is 6.07 Å². The van der Waals surface area contributed by atoms with Gasteiger partial charge in [0.2, 0.25) is 21.7 Å². The largest absolute Gasteiger partial charge is 0.488 e. The van der Waals surface area contributed by atoms with Gasteiger partial charge in [-0.1, -0.05) is 18.2 Å². The molecule has 0 unspecified atom stereocenters. The summed E-state index contributed by atoms with van der Waals surface area (Å²) in [5, 5.41) is 9.70. The van der Waals surface area contributed by atoms with Crippen LogP contribution in [-0.2, 0) is 27.9 Å². The molecule has 0 saturated heterocycles. The van der Waals surface area contributed by atoms with E-state index in [-0.39, 0.29) is 57.9 Å². The molecule has 7 rings (SSSR count). The van der Waals surface area contributed by atoms with Crippen LogP contribution in [0.5, 0.6) is 5.75 Å². The number of rotatable bonds is 14. The number of aromatic carboxylic acids is 1. The first-order chi connectivity index (χ1) is 26.0. The molecule has 3 fully saturated rings. The Kier molecular flexibility index (Phi) is 10.1. The van der Waals surface area contributed by atoms with Crippen molar-refractivity contribution in [3.8, 4) is 5.75 Å². The Morgan fingerprint density at radius 3 is 1.76 bits per heavy atom. The molecule has 4 aromatic rings. The van der Waals surface area contributed by atoms with Gasteiger partial charge in [0.05, 0.1) is 30.4 Å². The number of carboxylic acids is 1. The number of benzene rings is 4. The zero-order valence-corrected chi connectivity index (χ0v) is 29.3. The highest BCUT2D eigenvalue weighted by atomic mass is 32.2. The molecule has 290 valence electrons. The number of carbonyl (C=O) groups is 2. The number of anilines is 1. The molecular formula is C38H30F8N2O6S. The van der Waals surface area contributed by atoms with Crippen molar-refractivity contribution in [1.29, 1.82) is 0 Å². The highest BCUT2D eigenvalue weighted by molar-refractivity contribution is 7.89. The lowest BCUT2D eigenvalue weighted by atomic mass is 9.99. The molecular weight excluding hydrogens is 764 g/mol. The predicted octanol–water partition coefficient (Wildman–Crippen LogP) is 8.22. The Labute approximate surface area is 309 Å². The molecule has 0 spiro atoms. The minimum Gasteiger partial charge on any atom is -0.488 e. The van der Waals surface area contributed by atoms with Crippen molar-refractivity contribution in [2.45, 2.75) is 74.4 Å². The molecule has 55 heavy (non-hydrogen) atoms.